The molecule has 0 saturated carbocycles. The van der Waals surface area contributed by atoms with Gasteiger partial charge in [0.1, 0.15) is 6.04 Å². The van der Waals surface area contributed by atoms with E-state index in [9.17, 15) is 9.59 Å². The molecule has 0 aliphatic rings. The molecule has 0 bridgehead atoms. The lowest BCUT2D eigenvalue weighted by molar-refractivity contribution is -0.118. The minimum atomic E-state index is -0.743. The van der Waals surface area contributed by atoms with Crippen LogP contribution in [-0.2, 0) is 11.2 Å². The molecule has 1 atom stereocenters. The first kappa shape index (κ1) is 22.4. The van der Waals surface area contributed by atoms with Gasteiger partial charge in [0.25, 0.3) is 5.91 Å². The third kappa shape index (κ3) is 5.73. The number of hydrogen-bond acceptors (Lipinski definition) is 4. The zero-order valence-corrected chi connectivity index (χ0v) is 19.4. The van der Waals surface area contributed by atoms with Crippen molar-refractivity contribution in [3.05, 3.63) is 106 Å². The van der Waals surface area contributed by atoms with Gasteiger partial charge in [-0.05, 0) is 31.5 Å². The number of aromatic nitrogens is 1. The molecule has 0 aliphatic heterocycles. The summed E-state index contributed by atoms with van der Waals surface area (Å²) in [6.07, 6.45) is 0.375. The minimum absolute atomic E-state index is 0.289. The molecule has 166 valence electrons. The molecule has 4 rings (SSSR count). The number of carbonyl (C=O) groups is 2. The van der Waals surface area contributed by atoms with Crippen LogP contribution in [0.25, 0.3) is 11.3 Å². The predicted molar refractivity (Wildman–Crippen MR) is 133 cm³/mol. The first-order valence-electron chi connectivity index (χ1n) is 10.7. The van der Waals surface area contributed by atoms with Crippen molar-refractivity contribution >= 4 is 28.3 Å². The Morgan fingerprint density at radius 1 is 0.879 bits per heavy atom. The van der Waals surface area contributed by atoms with Crippen LogP contribution in [0.4, 0.5) is 5.13 Å². The van der Waals surface area contributed by atoms with E-state index in [1.807, 2.05) is 74.5 Å². The Bertz CT molecular complexity index is 1240. The van der Waals surface area contributed by atoms with E-state index in [0.717, 1.165) is 21.7 Å². The Labute approximate surface area is 197 Å². The van der Waals surface area contributed by atoms with Crippen molar-refractivity contribution in [2.75, 3.05) is 5.32 Å². The molecule has 33 heavy (non-hydrogen) atoms. The van der Waals surface area contributed by atoms with E-state index in [1.54, 1.807) is 24.3 Å². The van der Waals surface area contributed by atoms with Gasteiger partial charge in [-0.15, -0.1) is 11.3 Å². The topological polar surface area (TPSA) is 71.1 Å². The number of anilines is 1. The van der Waals surface area contributed by atoms with Crippen molar-refractivity contribution < 1.29 is 9.59 Å². The van der Waals surface area contributed by atoms with Gasteiger partial charge in [0.2, 0.25) is 5.91 Å². The number of aryl methyl sites for hydroxylation is 2. The smallest absolute Gasteiger partial charge is 0.251 e. The fourth-order valence-corrected chi connectivity index (χ4v) is 4.35. The fraction of sp³-hybridized carbons (Fsp3) is 0.148. The number of nitrogens with one attached hydrogen (secondary N) is 2. The SMILES string of the molecule is Cc1ccc(-c2nc(NC(=O)[C@@H](Cc3ccccc3)NC(=O)c3ccccc3)sc2C)cc1. The van der Waals surface area contributed by atoms with Crippen molar-refractivity contribution in [3.8, 4) is 11.3 Å². The molecule has 0 saturated heterocycles. The van der Waals surface area contributed by atoms with Crippen LogP contribution in [0.1, 0.15) is 26.4 Å². The number of rotatable bonds is 7. The van der Waals surface area contributed by atoms with E-state index >= 15 is 0 Å². The van der Waals surface area contributed by atoms with Crippen molar-refractivity contribution in [3.63, 3.8) is 0 Å². The molecule has 1 heterocycles. The second kappa shape index (κ2) is 10.2. The maximum Gasteiger partial charge on any atom is 0.251 e. The molecular weight excluding hydrogens is 430 g/mol. The summed E-state index contributed by atoms with van der Waals surface area (Å²) in [6, 6.07) is 25.9. The maximum absolute atomic E-state index is 13.2. The van der Waals surface area contributed by atoms with Crippen molar-refractivity contribution in [2.24, 2.45) is 0 Å². The van der Waals surface area contributed by atoms with Crippen molar-refractivity contribution in [1.29, 1.82) is 0 Å². The normalized spacial score (nSPS) is 11.6. The molecule has 2 N–H and O–H groups in total. The van der Waals surface area contributed by atoms with E-state index in [1.165, 1.54) is 16.9 Å². The Balaban J connectivity index is 1.54. The first-order chi connectivity index (χ1) is 16.0. The van der Waals surface area contributed by atoms with Gasteiger partial charge >= 0.3 is 0 Å². The quantitative estimate of drug-likeness (QED) is 0.392. The zero-order chi connectivity index (χ0) is 23.2. The Morgan fingerprint density at radius 2 is 1.52 bits per heavy atom. The van der Waals surface area contributed by atoms with Gasteiger partial charge in [0, 0.05) is 22.4 Å². The lowest BCUT2D eigenvalue weighted by Crippen LogP contribution is -2.45. The van der Waals surface area contributed by atoms with Gasteiger partial charge in [-0.1, -0.05) is 78.4 Å². The highest BCUT2D eigenvalue weighted by atomic mass is 32.1. The largest absolute Gasteiger partial charge is 0.340 e. The van der Waals surface area contributed by atoms with Gasteiger partial charge in [-0.2, -0.15) is 0 Å². The second-order valence-electron chi connectivity index (χ2n) is 7.86. The average molecular weight is 456 g/mol. The van der Waals surface area contributed by atoms with Crippen LogP contribution in [0.3, 0.4) is 0 Å². The predicted octanol–water partition coefficient (Wildman–Crippen LogP) is 5.41. The molecule has 4 aromatic rings. The number of hydrogen-bond donors (Lipinski definition) is 2. The Kier molecular flexibility index (Phi) is 6.95. The number of thiazole rings is 1. The van der Waals surface area contributed by atoms with Crippen LogP contribution in [-0.4, -0.2) is 22.8 Å². The Morgan fingerprint density at radius 3 is 2.18 bits per heavy atom. The van der Waals surface area contributed by atoms with Gasteiger partial charge in [-0.3, -0.25) is 9.59 Å². The van der Waals surface area contributed by atoms with E-state index in [-0.39, 0.29) is 11.8 Å². The van der Waals surface area contributed by atoms with Crippen LogP contribution in [0.2, 0.25) is 0 Å². The number of amides is 2. The summed E-state index contributed by atoms with van der Waals surface area (Å²) >= 11 is 1.42. The fourth-order valence-electron chi connectivity index (χ4n) is 3.51. The van der Waals surface area contributed by atoms with Gasteiger partial charge in [0.05, 0.1) is 5.69 Å². The van der Waals surface area contributed by atoms with Gasteiger partial charge < -0.3 is 10.6 Å². The molecule has 1 aromatic heterocycles. The first-order valence-corrected chi connectivity index (χ1v) is 11.6. The molecule has 6 heteroatoms. The second-order valence-corrected chi connectivity index (χ2v) is 9.06. The summed E-state index contributed by atoms with van der Waals surface area (Å²) < 4.78 is 0. The molecule has 3 aromatic carbocycles. The van der Waals surface area contributed by atoms with Crippen LogP contribution in [0.15, 0.2) is 84.9 Å². The third-order valence-corrected chi connectivity index (χ3v) is 6.18. The van der Waals surface area contributed by atoms with Crippen molar-refractivity contribution in [1.82, 2.24) is 10.3 Å². The molecule has 0 spiro atoms. The molecule has 2 amide bonds. The number of benzene rings is 3. The standard InChI is InChI=1S/C27H25N3O2S/c1-18-13-15-21(16-14-18)24-19(2)33-27(29-24)30-26(32)23(17-20-9-5-3-6-10-20)28-25(31)22-11-7-4-8-12-22/h3-16,23H,17H2,1-2H3,(H,28,31)(H,29,30,32)/t23-/m1/s1. The van der Waals surface area contributed by atoms with Gasteiger partial charge in [-0.25, -0.2) is 4.98 Å². The summed E-state index contributed by atoms with van der Waals surface area (Å²) in [4.78, 5) is 31.7. The number of carbonyl (C=O) groups excluding carboxylic acids is 2. The summed E-state index contributed by atoms with van der Waals surface area (Å²) in [7, 11) is 0. The highest BCUT2D eigenvalue weighted by Gasteiger charge is 2.23. The van der Waals surface area contributed by atoms with E-state index in [4.69, 9.17) is 0 Å². The monoisotopic (exact) mass is 455 g/mol. The van der Waals surface area contributed by atoms with Crippen LogP contribution in [0, 0.1) is 13.8 Å². The summed E-state index contributed by atoms with van der Waals surface area (Å²) in [5.74, 6) is -0.588. The van der Waals surface area contributed by atoms with E-state index in [0.29, 0.717) is 17.1 Å². The van der Waals surface area contributed by atoms with Gasteiger partial charge in [0.15, 0.2) is 5.13 Å². The zero-order valence-electron chi connectivity index (χ0n) is 18.5. The van der Waals surface area contributed by atoms with E-state index < -0.39 is 6.04 Å². The van der Waals surface area contributed by atoms with Crippen LogP contribution < -0.4 is 10.6 Å². The lowest BCUT2D eigenvalue weighted by atomic mass is 10.0. The van der Waals surface area contributed by atoms with Crippen molar-refractivity contribution in [2.45, 2.75) is 26.3 Å². The van der Waals surface area contributed by atoms with Crippen LogP contribution in [0.5, 0.6) is 0 Å². The molecule has 0 radical (unpaired) electrons. The Hall–Kier alpha value is -3.77. The summed E-state index contributed by atoms with van der Waals surface area (Å²) in [6.45, 7) is 4.03. The third-order valence-electron chi connectivity index (χ3n) is 5.29. The average Bonchev–Trinajstić information content (AvgIpc) is 3.20. The molecule has 0 unspecified atom stereocenters. The molecule has 0 aliphatic carbocycles. The summed E-state index contributed by atoms with van der Waals surface area (Å²) in [5, 5.41) is 6.32. The number of nitrogens with zero attached hydrogens (tertiary/aromatic N) is 1. The molecule has 0 fully saturated rings. The maximum atomic E-state index is 13.2. The summed E-state index contributed by atoms with van der Waals surface area (Å²) in [5.41, 5.74) is 4.51. The highest BCUT2D eigenvalue weighted by Crippen LogP contribution is 2.30. The molecule has 5 nitrogen and oxygen atoms in total. The minimum Gasteiger partial charge on any atom is -0.340 e. The van der Waals surface area contributed by atoms with E-state index in [2.05, 4.69) is 15.6 Å². The molecular formula is C27H25N3O2S. The van der Waals surface area contributed by atoms with Crippen LogP contribution >= 0.6 is 11.3 Å². The highest BCUT2D eigenvalue weighted by molar-refractivity contribution is 7.16. The lowest BCUT2D eigenvalue weighted by Gasteiger charge is -2.18.